The first-order valence-corrected chi connectivity index (χ1v) is 6.50. The van der Waals surface area contributed by atoms with Gasteiger partial charge in [0.1, 0.15) is 0 Å². The second kappa shape index (κ2) is 4.42. The molecule has 0 amide bonds. The molecule has 1 saturated carbocycles. The van der Waals surface area contributed by atoms with Crippen molar-refractivity contribution in [2.45, 2.75) is 64.6 Å². The monoisotopic (exact) mass is 212 g/mol. The van der Waals surface area contributed by atoms with Crippen molar-refractivity contribution in [3.63, 3.8) is 0 Å². The first-order valence-electron chi connectivity index (χ1n) is 6.50. The molecule has 0 spiro atoms. The van der Waals surface area contributed by atoms with Crippen LogP contribution in [0.5, 0.6) is 0 Å². The van der Waals surface area contributed by atoms with E-state index in [1.807, 2.05) is 0 Å². The van der Waals surface area contributed by atoms with Crippen LogP contribution in [0.3, 0.4) is 0 Å². The Labute approximate surface area is 93.3 Å². The van der Waals surface area contributed by atoms with Gasteiger partial charge in [0, 0.05) is 11.8 Å². The molecule has 0 radical (unpaired) electrons. The largest absolute Gasteiger partial charge is 0.349 e. The number of fused-ring (bicyclic) bond motifs is 1. The van der Waals surface area contributed by atoms with Crippen LogP contribution in [0.2, 0.25) is 0 Å². The Hall–Kier alpha value is -0.0800. The van der Waals surface area contributed by atoms with Crippen molar-refractivity contribution >= 4 is 0 Å². The second-order valence-electron chi connectivity index (χ2n) is 5.32. The number of unbranched alkanes of at least 4 members (excludes halogenated alkanes) is 2. The van der Waals surface area contributed by atoms with Crippen molar-refractivity contribution in [2.75, 3.05) is 13.2 Å². The van der Waals surface area contributed by atoms with Crippen LogP contribution in [0.25, 0.3) is 0 Å². The Balaban J connectivity index is 1.88. The van der Waals surface area contributed by atoms with Gasteiger partial charge in [-0.15, -0.1) is 0 Å². The van der Waals surface area contributed by atoms with Crippen LogP contribution in [0.15, 0.2) is 0 Å². The molecule has 2 nitrogen and oxygen atoms in total. The lowest BCUT2D eigenvalue weighted by Gasteiger charge is -2.36. The summed E-state index contributed by atoms with van der Waals surface area (Å²) < 4.78 is 12.0. The van der Waals surface area contributed by atoms with Gasteiger partial charge in [-0.05, 0) is 25.7 Å². The van der Waals surface area contributed by atoms with Crippen LogP contribution in [0.4, 0.5) is 0 Å². The molecule has 2 fully saturated rings. The van der Waals surface area contributed by atoms with Crippen LogP contribution in [0, 0.1) is 5.41 Å². The average Bonchev–Trinajstić information content (AvgIpc) is 2.66. The van der Waals surface area contributed by atoms with Gasteiger partial charge in [0.05, 0.1) is 13.2 Å². The van der Waals surface area contributed by atoms with Crippen molar-refractivity contribution in [2.24, 2.45) is 5.41 Å². The van der Waals surface area contributed by atoms with Gasteiger partial charge in [0.2, 0.25) is 0 Å². The summed E-state index contributed by atoms with van der Waals surface area (Å²) in [6.07, 6.45) is 8.54. The molecule has 2 rings (SSSR count). The predicted octanol–water partition coefficient (Wildman–Crippen LogP) is 3.50. The van der Waals surface area contributed by atoms with E-state index in [9.17, 15) is 0 Å². The molecule has 0 aromatic rings. The minimum absolute atomic E-state index is 0.208. The molecular weight excluding hydrogens is 188 g/mol. The maximum absolute atomic E-state index is 6.10. The minimum atomic E-state index is -0.208. The SMILES string of the molecule is CCCCCOC12CCCC1(C)CCO2. The van der Waals surface area contributed by atoms with Crippen molar-refractivity contribution < 1.29 is 9.47 Å². The highest BCUT2D eigenvalue weighted by atomic mass is 16.7. The summed E-state index contributed by atoms with van der Waals surface area (Å²) in [4.78, 5) is 0. The third-order valence-electron chi connectivity index (χ3n) is 4.23. The zero-order valence-electron chi connectivity index (χ0n) is 10.2. The van der Waals surface area contributed by atoms with Gasteiger partial charge in [-0.25, -0.2) is 0 Å². The number of rotatable bonds is 5. The molecule has 2 heteroatoms. The van der Waals surface area contributed by atoms with E-state index in [1.54, 1.807) is 0 Å². The molecule has 2 unspecified atom stereocenters. The highest BCUT2D eigenvalue weighted by Gasteiger charge is 2.57. The van der Waals surface area contributed by atoms with Gasteiger partial charge >= 0.3 is 0 Å². The van der Waals surface area contributed by atoms with Crippen LogP contribution in [-0.2, 0) is 9.47 Å². The topological polar surface area (TPSA) is 18.5 Å². The molecule has 0 aromatic carbocycles. The zero-order valence-corrected chi connectivity index (χ0v) is 10.2. The summed E-state index contributed by atoms with van der Waals surface area (Å²) in [6, 6.07) is 0. The van der Waals surface area contributed by atoms with Gasteiger partial charge in [-0.2, -0.15) is 0 Å². The van der Waals surface area contributed by atoms with E-state index >= 15 is 0 Å². The van der Waals surface area contributed by atoms with E-state index in [4.69, 9.17) is 9.47 Å². The maximum atomic E-state index is 6.10. The third-order valence-corrected chi connectivity index (χ3v) is 4.23. The fourth-order valence-electron chi connectivity index (χ4n) is 3.08. The molecule has 0 bridgehead atoms. The first-order chi connectivity index (χ1) is 7.22. The van der Waals surface area contributed by atoms with Gasteiger partial charge in [-0.3, -0.25) is 0 Å². The fourth-order valence-corrected chi connectivity index (χ4v) is 3.08. The molecule has 1 heterocycles. The van der Waals surface area contributed by atoms with Crippen molar-refractivity contribution in [3.8, 4) is 0 Å². The number of ether oxygens (including phenoxy) is 2. The molecule has 15 heavy (non-hydrogen) atoms. The summed E-state index contributed by atoms with van der Waals surface area (Å²) in [5.41, 5.74) is 0.305. The van der Waals surface area contributed by atoms with Crippen LogP contribution in [-0.4, -0.2) is 19.0 Å². The molecule has 2 aliphatic rings. The van der Waals surface area contributed by atoms with Crippen molar-refractivity contribution in [1.82, 2.24) is 0 Å². The van der Waals surface area contributed by atoms with Gasteiger partial charge in [0.25, 0.3) is 0 Å². The highest BCUT2D eigenvalue weighted by Crippen LogP contribution is 2.55. The number of hydrogen-bond donors (Lipinski definition) is 0. The Bertz CT molecular complexity index is 203. The minimum Gasteiger partial charge on any atom is -0.349 e. The smallest absolute Gasteiger partial charge is 0.173 e. The van der Waals surface area contributed by atoms with Crippen LogP contribution >= 0.6 is 0 Å². The lowest BCUT2D eigenvalue weighted by Crippen LogP contribution is -2.41. The summed E-state index contributed by atoms with van der Waals surface area (Å²) in [5, 5.41) is 0. The molecule has 1 aliphatic carbocycles. The molecule has 1 aliphatic heterocycles. The molecule has 1 saturated heterocycles. The van der Waals surface area contributed by atoms with Gasteiger partial charge < -0.3 is 9.47 Å². The Morgan fingerprint density at radius 2 is 2.07 bits per heavy atom. The van der Waals surface area contributed by atoms with E-state index in [0.717, 1.165) is 19.6 Å². The van der Waals surface area contributed by atoms with Crippen LogP contribution < -0.4 is 0 Å². The molecule has 0 aromatic heterocycles. The fraction of sp³-hybridized carbons (Fsp3) is 1.00. The van der Waals surface area contributed by atoms with Crippen LogP contribution in [0.1, 0.15) is 58.8 Å². The third kappa shape index (κ3) is 1.94. The Morgan fingerprint density at radius 3 is 2.87 bits per heavy atom. The molecule has 2 atom stereocenters. The van der Waals surface area contributed by atoms with E-state index in [2.05, 4.69) is 13.8 Å². The van der Waals surface area contributed by atoms with E-state index in [-0.39, 0.29) is 5.79 Å². The lowest BCUT2D eigenvalue weighted by atomic mass is 9.83. The number of hydrogen-bond acceptors (Lipinski definition) is 2. The summed E-state index contributed by atoms with van der Waals surface area (Å²) in [7, 11) is 0. The maximum Gasteiger partial charge on any atom is 0.173 e. The van der Waals surface area contributed by atoms with Crippen molar-refractivity contribution in [1.29, 1.82) is 0 Å². The van der Waals surface area contributed by atoms with Gasteiger partial charge in [-0.1, -0.05) is 26.7 Å². The summed E-state index contributed by atoms with van der Waals surface area (Å²) in [5.74, 6) is -0.208. The predicted molar refractivity (Wildman–Crippen MR) is 60.7 cm³/mol. The first kappa shape index (κ1) is 11.4. The van der Waals surface area contributed by atoms with E-state index in [1.165, 1.54) is 38.5 Å². The Kier molecular flexibility index (Phi) is 3.36. The average molecular weight is 212 g/mol. The van der Waals surface area contributed by atoms with Crippen molar-refractivity contribution in [3.05, 3.63) is 0 Å². The summed E-state index contributed by atoms with van der Waals surface area (Å²) in [6.45, 7) is 6.34. The van der Waals surface area contributed by atoms with E-state index < -0.39 is 0 Å². The standard InChI is InChI=1S/C13H24O2/c1-3-4-5-10-14-13-8-6-7-12(13,2)9-11-15-13/h3-11H2,1-2H3. The highest BCUT2D eigenvalue weighted by molar-refractivity contribution is 5.00. The molecule has 88 valence electrons. The molecule has 0 N–H and O–H groups in total. The quantitative estimate of drug-likeness (QED) is 0.649. The molecular formula is C13H24O2. The van der Waals surface area contributed by atoms with Gasteiger partial charge in [0.15, 0.2) is 5.79 Å². The van der Waals surface area contributed by atoms with E-state index in [0.29, 0.717) is 5.41 Å². The zero-order chi connectivity index (χ0) is 10.8. The second-order valence-corrected chi connectivity index (χ2v) is 5.32. The lowest BCUT2D eigenvalue weighted by molar-refractivity contribution is -0.243. The Morgan fingerprint density at radius 1 is 1.20 bits per heavy atom. The normalized spacial score (nSPS) is 39.6. The summed E-state index contributed by atoms with van der Waals surface area (Å²) >= 11 is 0.